The first-order valence-electron chi connectivity index (χ1n) is 7.38. The number of nitrogens with zero attached hydrogens (tertiary/aromatic N) is 2. The van der Waals surface area contributed by atoms with E-state index in [2.05, 4.69) is 9.97 Å². The van der Waals surface area contributed by atoms with Gasteiger partial charge >= 0.3 is 0 Å². The highest BCUT2D eigenvalue weighted by Crippen LogP contribution is 2.42. The van der Waals surface area contributed by atoms with Crippen molar-refractivity contribution in [2.45, 2.75) is 30.8 Å². The zero-order valence-corrected chi connectivity index (χ0v) is 12.0. The SMILES string of the molecule is O=Cc1ccnc(C2(COC[C@H]3COCCO3)CCC2)n1. The predicted molar refractivity (Wildman–Crippen MR) is 74.3 cm³/mol. The van der Waals surface area contributed by atoms with E-state index in [-0.39, 0.29) is 11.5 Å². The lowest BCUT2D eigenvalue weighted by Gasteiger charge is -2.40. The van der Waals surface area contributed by atoms with Gasteiger partial charge in [-0.2, -0.15) is 0 Å². The normalized spacial score (nSPS) is 24.3. The molecular formula is C15H20N2O4. The molecule has 0 radical (unpaired) electrons. The molecule has 1 saturated heterocycles. The van der Waals surface area contributed by atoms with E-state index in [1.807, 2.05) is 0 Å². The summed E-state index contributed by atoms with van der Waals surface area (Å²) in [5.74, 6) is 0.721. The number of aromatic nitrogens is 2. The van der Waals surface area contributed by atoms with Gasteiger partial charge in [0, 0.05) is 6.20 Å². The van der Waals surface area contributed by atoms with E-state index in [9.17, 15) is 4.79 Å². The molecule has 3 rings (SSSR count). The quantitative estimate of drug-likeness (QED) is 0.732. The van der Waals surface area contributed by atoms with Gasteiger partial charge in [-0.25, -0.2) is 9.97 Å². The number of hydrogen-bond donors (Lipinski definition) is 0. The highest BCUT2D eigenvalue weighted by molar-refractivity contribution is 5.71. The molecule has 0 N–H and O–H groups in total. The summed E-state index contributed by atoms with van der Waals surface area (Å²) < 4.78 is 16.7. The van der Waals surface area contributed by atoms with Crippen LogP contribution in [0.3, 0.4) is 0 Å². The molecule has 0 aromatic carbocycles. The van der Waals surface area contributed by atoms with Crippen molar-refractivity contribution in [3.63, 3.8) is 0 Å². The van der Waals surface area contributed by atoms with Crippen molar-refractivity contribution in [3.05, 3.63) is 23.8 Å². The standard InChI is InChI=1S/C15H20N2O4/c18-8-12-2-5-16-14(17-12)15(3-1-4-15)11-20-10-13-9-19-6-7-21-13/h2,5,8,13H,1,3-4,6-7,9-11H2/t13-/m1/s1. The van der Waals surface area contributed by atoms with Crippen LogP contribution in [0.1, 0.15) is 35.6 Å². The number of carbonyl (C=O) groups excluding carboxylic acids is 1. The summed E-state index contributed by atoms with van der Waals surface area (Å²) in [6.45, 7) is 2.96. The Morgan fingerprint density at radius 1 is 1.43 bits per heavy atom. The number of aldehydes is 1. The van der Waals surface area contributed by atoms with Gasteiger partial charge in [-0.05, 0) is 18.9 Å². The number of hydrogen-bond acceptors (Lipinski definition) is 6. The van der Waals surface area contributed by atoms with Crippen molar-refractivity contribution in [3.8, 4) is 0 Å². The molecule has 2 fully saturated rings. The van der Waals surface area contributed by atoms with Crippen LogP contribution in [-0.4, -0.2) is 55.4 Å². The van der Waals surface area contributed by atoms with Gasteiger partial charge in [0.05, 0.1) is 38.4 Å². The van der Waals surface area contributed by atoms with Crippen molar-refractivity contribution in [1.29, 1.82) is 0 Å². The van der Waals surface area contributed by atoms with Crippen LogP contribution in [-0.2, 0) is 19.6 Å². The first-order valence-corrected chi connectivity index (χ1v) is 7.38. The maximum Gasteiger partial charge on any atom is 0.168 e. The smallest absolute Gasteiger partial charge is 0.168 e. The minimum Gasteiger partial charge on any atom is -0.378 e. The molecule has 1 atom stereocenters. The van der Waals surface area contributed by atoms with Crippen LogP contribution in [0.5, 0.6) is 0 Å². The summed E-state index contributed by atoms with van der Waals surface area (Å²) in [6.07, 6.45) is 5.55. The third kappa shape index (κ3) is 3.28. The van der Waals surface area contributed by atoms with Gasteiger partial charge in [-0.15, -0.1) is 0 Å². The van der Waals surface area contributed by atoms with Crippen molar-refractivity contribution < 1.29 is 19.0 Å². The van der Waals surface area contributed by atoms with Gasteiger partial charge in [0.1, 0.15) is 17.6 Å². The summed E-state index contributed by atoms with van der Waals surface area (Å²) in [5.41, 5.74) is 0.282. The summed E-state index contributed by atoms with van der Waals surface area (Å²) in [6, 6.07) is 1.62. The van der Waals surface area contributed by atoms with Gasteiger partial charge in [0.25, 0.3) is 0 Å². The fourth-order valence-electron chi connectivity index (χ4n) is 2.75. The first-order chi connectivity index (χ1) is 10.3. The fraction of sp³-hybridized carbons (Fsp3) is 0.667. The monoisotopic (exact) mass is 292 g/mol. The van der Waals surface area contributed by atoms with Gasteiger partial charge in [0.15, 0.2) is 6.29 Å². The van der Waals surface area contributed by atoms with Crippen LogP contribution < -0.4 is 0 Å². The zero-order valence-electron chi connectivity index (χ0n) is 12.0. The van der Waals surface area contributed by atoms with Gasteiger partial charge in [0.2, 0.25) is 0 Å². The van der Waals surface area contributed by atoms with Crippen molar-refractivity contribution in [1.82, 2.24) is 9.97 Å². The average molecular weight is 292 g/mol. The highest BCUT2D eigenvalue weighted by Gasteiger charge is 2.42. The summed E-state index contributed by atoms with van der Waals surface area (Å²) in [5, 5.41) is 0. The molecule has 0 bridgehead atoms. The van der Waals surface area contributed by atoms with Crippen LogP contribution >= 0.6 is 0 Å². The minimum atomic E-state index is -0.144. The molecule has 6 nitrogen and oxygen atoms in total. The Hall–Kier alpha value is -1.37. The van der Waals surface area contributed by atoms with Crippen molar-refractivity contribution in [2.75, 3.05) is 33.0 Å². The van der Waals surface area contributed by atoms with E-state index in [1.54, 1.807) is 12.3 Å². The minimum absolute atomic E-state index is 0.0121. The number of ether oxygens (including phenoxy) is 3. The Balaban J connectivity index is 1.59. The lowest BCUT2D eigenvalue weighted by Crippen LogP contribution is -2.42. The highest BCUT2D eigenvalue weighted by atomic mass is 16.6. The Kier molecular flexibility index (Phi) is 4.57. The van der Waals surface area contributed by atoms with Gasteiger partial charge in [-0.3, -0.25) is 4.79 Å². The fourth-order valence-corrected chi connectivity index (χ4v) is 2.75. The maximum absolute atomic E-state index is 10.9. The average Bonchev–Trinajstić information content (AvgIpc) is 2.51. The largest absolute Gasteiger partial charge is 0.378 e. The third-order valence-corrected chi connectivity index (χ3v) is 4.15. The molecule has 0 unspecified atom stereocenters. The molecule has 2 heterocycles. The van der Waals surface area contributed by atoms with E-state index in [0.29, 0.717) is 38.7 Å². The predicted octanol–water partition coefficient (Wildman–Crippen LogP) is 1.14. The van der Waals surface area contributed by atoms with E-state index >= 15 is 0 Å². The zero-order chi connectivity index (χ0) is 14.5. The lowest BCUT2D eigenvalue weighted by molar-refractivity contribution is -0.121. The lowest BCUT2D eigenvalue weighted by atomic mass is 9.68. The Bertz CT molecular complexity index is 484. The molecule has 1 aromatic rings. The molecule has 1 aromatic heterocycles. The third-order valence-electron chi connectivity index (χ3n) is 4.15. The molecule has 0 amide bonds. The summed E-state index contributed by atoms with van der Waals surface area (Å²) in [7, 11) is 0. The second-order valence-corrected chi connectivity index (χ2v) is 5.64. The van der Waals surface area contributed by atoms with Crippen LogP contribution in [0, 0.1) is 0 Å². The van der Waals surface area contributed by atoms with E-state index in [1.165, 1.54) is 0 Å². The molecule has 2 aliphatic rings. The van der Waals surface area contributed by atoms with E-state index in [0.717, 1.165) is 31.4 Å². The Morgan fingerprint density at radius 2 is 2.33 bits per heavy atom. The molecule has 6 heteroatoms. The van der Waals surface area contributed by atoms with E-state index in [4.69, 9.17) is 14.2 Å². The number of rotatable bonds is 6. The van der Waals surface area contributed by atoms with Gasteiger partial charge in [-0.1, -0.05) is 6.42 Å². The topological polar surface area (TPSA) is 70.5 Å². The number of carbonyl (C=O) groups is 1. The molecule has 1 saturated carbocycles. The molecule has 0 spiro atoms. The molecule has 21 heavy (non-hydrogen) atoms. The van der Waals surface area contributed by atoms with Crippen molar-refractivity contribution >= 4 is 6.29 Å². The Labute approximate surface area is 123 Å². The van der Waals surface area contributed by atoms with Crippen LogP contribution in [0.15, 0.2) is 12.3 Å². The second-order valence-electron chi connectivity index (χ2n) is 5.64. The van der Waals surface area contributed by atoms with Crippen molar-refractivity contribution in [2.24, 2.45) is 0 Å². The van der Waals surface area contributed by atoms with E-state index < -0.39 is 0 Å². The van der Waals surface area contributed by atoms with Crippen LogP contribution in [0.25, 0.3) is 0 Å². The first kappa shape index (κ1) is 14.6. The van der Waals surface area contributed by atoms with Crippen LogP contribution in [0.2, 0.25) is 0 Å². The molecule has 114 valence electrons. The molecular weight excluding hydrogens is 272 g/mol. The molecule has 1 aliphatic carbocycles. The van der Waals surface area contributed by atoms with Crippen LogP contribution in [0.4, 0.5) is 0 Å². The summed E-state index contributed by atoms with van der Waals surface area (Å²) >= 11 is 0. The Morgan fingerprint density at radius 3 is 3.00 bits per heavy atom. The molecule has 1 aliphatic heterocycles. The summed E-state index contributed by atoms with van der Waals surface area (Å²) in [4.78, 5) is 19.5. The van der Waals surface area contributed by atoms with Gasteiger partial charge < -0.3 is 14.2 Å². The maximum atomic E-state index is 10.9. The second kappa shape index (κ2) is 6.60.